The summed E-state index contributed by atoms with van der Waals surface area (Å²) < 4.78 is 0. The van der Waals surface area contributed by atoms with Crippen molar-refractivity contribution in [3.8, 4) is 11.1 Å². The molecule has 1 fully saturated rings. The molecule has 0 spiro atoms. The topological polar surface area (TPSA) is 103 Å². The molecule has 4 heterocycles. The summed E-state index contributed by atoms with van der Waals surface area (Å²) in [6.07, 6.45) is 8.59. The molecule has 0 aliphatic carbocycles. The van der Waals surface area contributed by atoms with Crippen LogP contribution in [0.25, 0.3) is 22.2 Å². The highest BCUT2D eigenvalue weighted by atomic mass is 16.1. The van der Waals surface area contributed by atoms with E-state index in [2.05, 4.69) is 47.2 Å². The van der Waals surface area contributed by atoms with E-state index >= 15 is 0 Å². The number of H-pyrrole nitrogens is 1. The molecule has 0 saturated carbocycles. The van der Waals surface area contributed by atoms with Crippen LogP contribution in [-0.2, 0) is 6.54 Å². The number of carbonyl (C=O) groups excluding carboxylic acids is 1. The van der Waals surface area contributed by atoms with Crippen LogP contribution in [0.15, 0.2) is 85.7 Å². The summed E-state index contributed by atoms with van der Waals surface area (Å²) in [4.78, 5) is 37.5. The van der Waals surface area contributed by atoms with Crippen LogP contribution in [0, 0.1) is 0 Å². The average molecular weight is 491 g/mol. The third-order valence-corrected chi connectivity index (χ3v) is 6.57. The van der Waals surface area contributed by atoms with Crippen LogP contribution >= 0.6 is 0 Å². The van der Waals surface area contributed by atoms with Crippen molar-refractivity contribution in [1.82, 2.24) is 29.8 Å². The second-order valence-electron chi connectivity index (χ2n) is 9.05. The lowest BCUT2D eigenvalue weighted by atomic mass is 10.0. The number of nitrogens with one attached hydrogen (secondary N) is 2. The third-order valence-electron chi connectivity index (χ3n) is 6.57. The second kappa shape index (κ2) is 10.2. The highest BCUT2D eigenvalue weighted by Crippen LogP contribution is 2.26. The molecule has 3 aromatic heterocycles. The number of carbonyl (C=O) groups is 1. The first-order valence-corrected chi connectivity index (χ1v) is 12.2. The predicted molar refractivity (Wildman–Crippen MR) is 143 cm³/mol. The van der Waals surface area contributed by atoms with Crippen molar-refractivity contribution in [3.63, 3.8) is 0 Å². The first-order chi connectivity index (χ1) is 18.2. The van der Waals surface area contributed by atoms with E-state index < -0.39 is 0 Å². The van der Waals surface area contributed by atoms with Crippen LogP contribution < -0.4 is 10.2 Å². The molecule has 6 rings (SSSR count). The van der Waals surface area contributed by atoms with E-state index in [1.807, 2.05) is 61.1 Å². The summed E-state index contributed by atoms with van der Waals surface area (Å²) in [7, 11) is 0. The van der Waals surface area contributed by atoms with E-state index in [0.29, 0.717) is 11.4 Å². The Bertz CT molecular complexity index is 1500. The van der Waals surface area contributed by atoms with Gasteiger partial charge in [-0.3, -0.25) is 19.7 Å². The molecular formula is C28H26N8O. The van der Waals surface area contributed by atoms with Crippen molar-refractivity contribution < 1.29 is 4.79 Å². The number of fused-ring (bicyclic) bond motifs is 1. The lowest BCUT2D eigenvalue weighted by molar-refractivity contribution is 0.102. The quantitative estimate of drug-likeness (QED) is 0.371. The largest absolute Gasteiger partial charge is 0.353 e. The Kier molecular flexibility index (Phi) is 6.26. The normalized spacial score (nSPS) is 14.1. The number of rotatable bonds is 6. The van der Waals surface area contributed by atoms with Crippen LogP contribution in [-0.4, -0.2) is 61.9 Å². The molecule has 2 aromatic carbocycles. The van der Waals surface area contributed by atoms with Gasteiger partial charge in [0.25, 0.3) is 5.91 Å². The van der Waals surface area contributed by atoms with Gasteiger partial charge in [0.15, 0.2) is 0 Å². The number of hydrogen-bond donors (Lipinski definition) is 2. The number of hydrogen-bond acceptors (Lipinski definition) is 7. The first-order valence-electron chi connectivity index (χ1n) is 12.2. The van der Waals surface area contributed by atoms with Crippen molar-refractivity contribution >= 4 is 28.4 Å². The number of amides is 1. The Labute approximate surface area is 214 Å². The molecule has 1 saturated heterocycles. The van der Waals surface area contributed by atoms with E-state index in [9.17, 15) is 4.79 Å². The third kappa shape index (κ3) is 5.17. The van der Waals surface area contributed by atoms with Crippen LogP contribution in [0.1, 0.15) is 16.1 Å². The average Bonchev–Trinajstić information content (AvgIpc) is 3.49. The summed E-state index contributed by atoms with van der Waals surface area (Å²) in [5, 5.41) is 2.87. The molecular weight excluding hydrogens is 464 g/mol. The minimum Gasteiger partial charge on any atom is -0.353 e. The summed E-state index contributed by atoms with van der Waals surface area (Å²) in [6, 6.07) is 18.0. The Balaban J connectivity index is 1.14. The van der Waals surface area contributed by atoms with Crippen molar-refractivity contribution in [2.24, 2.45) is 0 Å². The van der Waals surface area contributed by atoms with Crippen LogP contribution in [0.2, 0.25) is 0 Å². The van der Waals surface area contributed by atoms with Crippen LogP contribution in [0.3, 0.4) is 0 Å². The Morgan fingerprint density at radius 2 is 1.73 bits per heavy atom. The maximum Gasteiger partial charge on any atom is 0.273 e. The van der Waals surface area contributed by atoms with Crippen LogP contribution in [0.5, 0.6) is 0 Å². The van der Waals surface area contributed by atoms with E-state index in [0.717, 1.165) is 60.7 Å². The molecule has 0 unspecified atom stereocenters. The van der Waals surface area contributed by atoms with E-state index in [-0.39, 0.29) is 5.91 Å². The molecule has 0 bridgehead atoms. The lowest BCUT2D eigenvalue weighted by Gasteiger charge is -2.35. The van der Waals surface area contributed by atoms with Crippen molar-refractivity contribution in [2.75, 3.05) is 36.4 Å². The number of pyridine rings is 1. The van der Waals surface area contributed by atoms with Crippen molar-refractivity contribution in [1.29, 1.82) is 0 Å². The SMILES string of the molecule is O=C(Nc1ccc(-c2ccc3ncc(N4CCN(Cc5cccnc5)CC4)nc3c2)cc1)c1cnc[nH]1. The van der Waals surface area contributed by atoms with Crippen molar-refractivity contribution in [2.45, 2.75) is 6.54 Å². The van der Waals surface area contributed by atoms with E-state index in [4.69, 9.17) is 4.98 Å². The Morgan fingerprint density at radius 1 is 0.892 bits per heavy atom. The fourth-order valence-electron chi connectivity index (χ4n) is 4.54. The zero-order valence-electron chi connectivity index (χ0n) is 20.2. The summed E-state index contributed by atoms with van der Waals surface area (Å²) in [6.45, 7) is 4.67. The molecule has 1 amide bonds. The molecule has 0 atom stereocenters. The summed E-state index contributed by atoms with van der Waals surface area (Å²) in [5.74, 6) is 0.680. The number of anilines is 2. The molecule has 2 N–H and O–H groups in total. The molecule has 37 heavy (non-hydrogen) atoms. The van der Waals surface area contributed by atoms with Gasteiger partial charge in [0.1, 0.15) is 11.5 Å². The van der Waals surface area contributed by atoms with Gasteiger partial charge in [-0.25, -0.2) is 9.97 Å². The first kappa shape index (κ1) is 22.8. The molecule has 1 aliphatic heterocycles. The monoisotopic (exact) mass is 490 g/mol. The minimum atomic E-state index is -0.225. The Morgan fingerprint density at radius 3 is 2.49 bits per heavy atom. The molecule has 0 radical (unpaired) electrons. The van der Waals surface area contributed by atoms with Gasteiger partial charge in [-0.15, -0.1) is 0 Å². The highest BCUT2D eigenvalue weighted by molar-refractivity contribution is 6.02. The highest BCUT2D eigenvalue weighted by Gasteiger charge is 2.19. The standard InChI is InChI=1S/C28H26N8O/c37-28(26-16-30-19-32-26)33-23-6-3-21(4-7-23)22-5-8-24-25(14-22)34-27(17-31-24)36-12-10-35(11-13-36)18-20-2-1-9-29-15-20/h1-9,14-17,19H,10-13,18H2,(H,30,32)(H,33,37). The molecule has 1 aliphatic rings. The Hall–Kier alpha value is -4.63. The molecule has 9 nitrogen and oxygen atoms in total. The van der Waals surface area contributed by atoms with Gasteiger partial charge in [0, 0.05) is 50.8 Å². The molecule has 184 valence electrons. The zero-order chi connectivity index (χ0) is 25.0. The van der Waals surface area contributed by atoms with Gasteiger partial charge in [0.05, 0.1) is 29.8 Å². The zero-order valence-corrected chi connectivity index (χ0v) is 20.2. The minimum absolute atomic E-state index is 0.225. The van der Waals surface area contributed by atoms with Gasteiger partial charge >= 0.3 is 0 Å². The van der Waals surface area contributed by atoms with Gasteiger partial charge in [-0.05, 0) is 47.0 Å². The van der Waals surface area contributed by atoms with Gasteiger partial charge < -0.3 is 15.2 Å². The number of piperazine rings is 1. The van der Waals surface area contributed by atoms with Crippen LogP contribution in [0.4, 0.5) is 11.5 Å². The number of imidazole rings is 1. The number of nitrogens with zero attached hydrogens (tertiary/aromatic N) is 6. The summed E-state index contributed by atoms with van der Waals surface area (Å²) >= 11 is 0. The number of aromatic nitrogens is 5. The predicted octanol–water partition coefficient (Wildman–Crippen LogP) is 3.99. The molecule has 5 aromatic rings. The number of aromatic amines is 1. The smallest absolute Gasteiger partial charge is 0.273 e. The number of benzene rings is 2. The van der Waals surface area contributed by atoms with Gasteiger partial charge in [-0.2, -0.15) is 0 Å². The maximum atomic E-state index is 12.2. The van der Waals surface area contributed by atoms with Gasteiger partial charge in [0.2, 0.25) is 0 Å². The fourth-order valence-corrected chi connectivity index (χ4v) is 4.54. The van der Waals surface area contributed by atoms with Gasteiger partial charge in [-0.1, -0.05) is 24.3 Å². The van der Waals surface area contributed by atoms with E-state index in [1.54, 1.807) is 0 Å². The second-order valence-corrected chi connectivity index (χ2v) is 9.05. The van der Waals surface area contributed by atoms with E-state index in [1.165, 1.54) is 18.1 Å². The maximum absolute atomic E-state index is 12.2. The van der Waals surface area contributed by atoms with Crippen molar-refractivity contribution in [3.05, 3.63) is 97.0 Å². The lowest BCUT2D eigenvalue weighted by Crippen LogP contribution is -2.46. The fraction of sp³-hybridized carbons (Fsp3) is 0.179. The molecule has 9 heteroatoms. The summed E-state index contributed by atoms with van der Waals surface area (Å²) in [5.41, 5.74) is 6.19.